The third kappa shape index (κ3) is 5.34. The first kappa shape index (κ1) is 19.5. The fraction of sp³-hybridized carbons (Fsp3) is 0.421. The maximum absolute atomic E-state index is 12.8. The number of carbonyl (C=O) groups excluding carboxylic acids is 1. The molecular formula is C19H26N4O3. The zero-order valence-corrected chi connectivity index (χ0v) is 15.6. The molecule has 0 aliphatic heterocycles. The summed E-state index contributed by atoms with van der Waals surface area (Å²) < 4.78 is 1.67. The van der Waals surface area contributed by atoms with Crippen LogP contribution < -0.4 is 5.32 Å². The second-order valence-electron chi connectivity index (χ2n) is 6.93. The molecule has 1 aromatic carbocycles. The lowest BCUT2D eigenvalue weighted by Gasteiger charge is -2.26. The van der Waals surface area contributed by atoms with Crippen molar-refractivity contribution in [3.8, 4) is 0 Å². The Morgan fingerprint density at radius 2 is 2.08 bits per heavy atom. The molecular weight excluding hydrogens is 332 g/mol. The predicted octanol–water partition coefficient (Wildman–Crippen LogP) is 2.72. The van der Waals surface area contributed by atoms with E-state index in [1.54, 1.807) is 34.0 Å². The van der Waals surface area contributed by atoms with Crippen LogP contribution in [0.2, 0.25) is 0 Å². The van der Waals surface area contributed by atoms with Crippen LogP contribution in [0, 0.1) is 12.8 Å². The van der Waals surface area contributed by atoms with Crippen molar-refractivity contribution >= 4 is 12.0 Å². The van der Waals surface area contributed by atoms with Gasteiger partial charge in [-0.1, -0.05) is 43.7 Å². The van der Waals surface area contributed by atoms with Gasteiger partial charge in [0.1, 0.15) is 0 Å². The van der Waals surface area contributed by atoms with Crippen LogP contribution in [0.4, 0.5) is 4.79 Å². The van der Waals surface area contributed by atoms with E-state index >= 15 is 0 Å². The van der Waals surface area contributed by atoms with Crippen LogP contribution in [0.25, 0.3) is 0 Å². The largest absolute Gasteiger partial charge is 0.479 e. The second-order valence-corrected chi connectivity index (χ2v) is 6.93. The molecule has 2 amide bonds. The number of urea groups is 1. The average Bonchev–Trinajstić information content (AvgIpc) is 2.96. The fourth-order valence-electron chi connectivity index (χ4n) is 2.79. The molecule has 2 rings (SSSR count). The SMILES string of the molecule is Cc1cccc([C@@H](NC(=O)N(Cc2cnn(C)c2)CC(C)C)C(=O)O)c1. The highest BCUT2D eigenvalue weighted by Crippen LogP contribution is 2.16. The molecule has 2 N–H and O–H groups in total. The Morgan fingerprint density at radius 1 is 1.35 bits per heavy atom. The molecule has 1 aromatic heterocycles. The van der Waals surface area contributed by atoms with E-state index in [1.807, 2.05) is 40.1 Å². The minimum Gasteiger partial charge on any atom is -0.479 e. The first-order valence-electron chi connectivity index (χ1n) is 8.58. The molecule has 0 radical (unpaired) electrons. The molecule has 1 atom stereocenters. The van der Waals surface area contributed by atoms with Gasteiger partial charge in [-0.2, -0.15) is 5.10 Å². The van der Waals surface area contributed by atoms with Crippen molar-refractivity contribution in [2.75, 3.05) is 6.54 Å². The van der Waals surface area contributed by atoms with E-state index in [-0.39, 0.29) is 5.92 Å². The molecule has 140 valence electrons. The lowest BCUT2D eigenvalue weighted by atomic mass is 10.0. The second kappa shape index (κ2) is 8.51. The Bertz CT molecular complexity index is 770. The summed E-state index contributed by atoms with van der Waals surface area (Å²) in [7, 11) is 1.81. The summed E-state index contributed by atoms with van der Waals surface area (Å²) in [6, 6.07) is 5.65. The van der Waals surface area contributed by atoms with Gasteiger partial charge in [0, 0.05) is 25.4 Å². The van der Waals surface area contributed by atoms with E-state index in [0.29, 0.717) is 18.7 Å². The highest BCUT2D eigenvalue weighted by Gasteiger charge is 2.25. The van der Waals surface area contributed by atoms with Crippen molar-refractivity contribution in [1.82, 2.24) is 20.0 Å². The normalized spacial score (nSPS) is 12.0. The summed E-state index contributed by atoms with van der Waals surface area (Å²) in [6.07, 6.45) is 3.55. The third-order valence-electron chi connectivity index (χ3n) is 3.89. The van der Waals surface area contributed by atoms with Crippen LogP contribution in [-0.4, -0.2) is 38.3 Å². The Kier molecular flexibility index (Phi) is 6.38. The highest BCUT2D eigenvalue weighted by molar-refractivity contribution is 5.83. The van der Waals surface area contributed by atoms with Gasteiger partial charge in [-0.15, -0.1) is 0 Å². The number of rotatable bonds is 7. The molecule has 0 bridgehead atoms. The van der Waals surface area contributed by atoms with E-state index in [9.17, 15) is 14.7 Å². The quantitative estimate of drug-likeness (QED) is 0.797. The maximum Gasteiger partial charge on any atom is 0.330 e. The average molecular weight is 358 g/mol. The zero-order chi connectivity index (χ0) is 19.3. The molecule has 2 aromatic rings. The van der Waals surface area contributed by atoms with Crippen LogP contribution >= 0.6 is 0 Å². The van der Waals surface area contributed by atoms with Crippen molar-refractivity contribution < 1.29 is 14.7 Å². The lowest BCUT2D eigenvalue weighted by Crippen LogP contribution is -2.44. The summed E-state index contributed by atoms with van der Waals surface area (Å²) in [4.78, 5) is 26.1. The summed E-state index contributed by atoms with van der Waals surface area (Å²) in [6.45, 7) is 6.80. The summed E-state index contributed by atoms with van der Waals surface area (Å²) in [5.74, 6) is -0.838. The number of nitrogens with one attached hydrogen (secondary N) is 1. The number of amides is 2. The van der Waals surface area contributed by atoms with Gasteiger partial charge >= 0.3 is 12.0 Å². The number of aliphatic carboxylic acids is 1. The van der Waals surface area contributed by atoms with Crippen molar-refractivity contribution in [2.45, 2.75) is 33.4 Å². The van der Waals surface area contributed by atoms with E-state index < -0.39 is 18.0 Å². The van der Waals surface area contributed by atoms with Gasteiger partial charge in [-0.05, 0) is 18.4 Å². The minimum absolute atomic E-state index is 0.250. The fourth-order valence-corrected chi connectivity index (χ4v) is 2.79. The van der Waals surface area contributed by atoms with Crippen LogP contribution in [0.15, 0.2) is 36.7 Å². The van der Waals surface area contributed by atoms with Crippen LogP contribution in [-0.2, 0) is 18.4 Å². The van der Waals surface area contributed by atoms with Gasteiger partial charge in [0.2, 0.25) is 0 Å². The molecule has 0 spiro atoms. The van der Waals surface area contributed by atoms with Gasteiger partial charge < -0.3 is 15.3 Å². The first-order valence-corrected chi connectivity index (χ1v) is 8.58. The Morgan fingerprint density at radius 3 is 2.62 bits per heavy atom. The number of benzene rings is 1. The Hall–Kier alpha value is -2.83. The number of carboxylic acid groups (broad SMARTS) is 1. The topological polar surface area (TPSA) is 87.5 Å². The van der Waals surface area contributed by atoms with E-state index in [0.717, 1.165) is 11.1 Å². The van der Waals surface area contributed by atoms with Crippen LogP contribution in [0.3, 0.4) is 0 Å². The number of aromatic nitrogens is 2. The Labute approximate surface area is 153 Å². The van der Waals surface area contributed by atoms with E-state index in [2.05, 4.69) is 10.4 Å². The molecule has 1 heterocycles. The summed E-state index contributed by atoms with van der Waals surface area (Å²) >= 11 is 0. The molecule has 0 fully saturated rings. The van der Waals surface area contributed by atoms with Gasteiger partial charge in [0.05, 0.1) is 12.7 Å². The monoisotopic (exact) mass is 358 g/mol. The molecule has 0 unspecified atom stereocenters. The molecule has 7 nitrogen and oxygen atoms in total. The molecule has 7 heteroatoms. The summed E-state index contributed by atoms with van der Waals surface area (Å²) in [5, 5.41) is 16.3. The first-order chi connectivity index (χ1) is 12.3. The highest BCUT2D eigenvalue weighted by atomic mass is 16.4. The van der Waals surface area contributed by atoms with E-state index in [4.69, 9.17) is 0 Å². The number of carboxylic acids is 1. The van der Waals surface area contributed by atoms with Crippen molar-refractivity contribution in [2.24, 2.45) is 13.0 Å². The number of aryl methyl sites for hydroxylation is 2. The predicted molar refractivity (Wildman–Crippen MR) is 98.5 cm³/mol. The molecule has 0 aliphatic rings. The van der Waals surface area contributed by atoms with E-state index in [1.165, 1.54) is 0 Å². The Balaban J connectivity index is 2.18. The third-order valence-corrected chi connectivity index (χ3v) is 3.89. The van der Waals surface area contributed by atoms with Gasteiger partial charge in [0.25, 0.3) is 0 Å². The molecule has 0 saturated heterocycles. The van der Waals surface area contributed by atoms with Crippen LogP contribution in [0.1, 0.15) is 36.6 Å². The van der Waals surface area contributed by atoms with Gasteiger partial charge in [-0.25, -0.2) is 9.59 Å². The number of hydrogen-bond acceptors (Lipinski definition) is 3. The molecule has 26 heavy (non-hydrogen) atoms. The van der Waals surface area contributed by atoms with Crippen molar-refractivity contribution in [1.29, 1.82) is 0 Å². The van der Waals surface area contributed by atoms with Crippen molar-refractivity contribution in [3.63, 3.8) is 0 Å². The summed E-state index contributed by atoms with van der Waals surface area (Å²) in [5.41, 5.74) is 2.39. The standard InChI is InChI=1S/C19H26N4O3/c1-13(2)10-23(12-15-9-20-22(4)11-15)19(26)21-17(18(24)25)16-7-5-6-14(3)8-16/h5-9,11,13,17H,10,12H2,1-4H3,(H,21,26)(H,24,25)/t17-/m1/s1. The molecule has 0 aliphatic carbocycles. The van der Waals surface area contributed by atoms with Crippen LogP contribution in [0.5, 0.6) is 0 Å². The van der Waals surface area contributed by atoms with Gasteiger partial charge in [0.15, 0.2) is 6.04 Å². The zero-order valence-electron chi connectivity index (χ0n) is 15.6. The van der Waals surface area contributed by atoms with Crippen molar-refractivity contribution in [3.05, 3.63) is 53.3 Å². The van der Waals surface area contributed by atoms with Gasteiger partial charge in [-0.3, -0.25) is 4.68 Å². The maximum atomic E-state index is 12.8. The number of carbonyl (C=O) groups is 2. The molecule has 0 saturated carbocycles. The number of hydrogen-bond donors (Lipinski definition) is 2. The smallest absolute Gasteiger partial charge is 0.330 e. The number of nitrogens with zero attached hydrogens (tertiary/aromatic N) is 3. The lowest BCUT2D eigenvalue weighted by molar-refractivity contribution is -0.139. The minimum atomic E-state index is -1.09.